The highest BCUT2D eigenvalue weighted by molar-refractivity contribution is 7.99. The number of thioether (sulfide) groups is 1. The van der Waals surface area contributed by atoms with Gasteiger partial charge in [0.25, 0.3) is 0 Å². The van der Waals surface area contributed by atoms with Crippen LogP contribution in [0, 0.1) is 13.8 Å². The molecule has 146 valence electrons. The summed E-state index contributed by atoms with van der Waals surface area (Å²) in [5, 5.41) is 15.6. The van der Waals surface area contributed by atoms with Gasteiger partial charge in [-0.1, -0.05) is 61.2 Å². The molecular weight excluding hydrogens is 370 g/mol. The van der Waals surface area contributed by atoms with E-state index in [2.05, 4.69) is 52.9 Å². The van der Waals surface area contributed by atoms with Gasteiger partial charge in [0, 0.05) is 12.5 Å². The number of carbonyl (C=O) groups is 1. The maximum atomic E-state index is 12.3. The van der Waals surface area contributed by atoms with Crippen LogP contribution < -0.4 is 5.32 Å². The number of tetrazole rings is 1. The second kappa shape index (κ2) is 9.50. The average molecular weight is 396 g/mol. The lowest BCUT2D eigenvalue weighted by Gasteiger charge is -2.16. The van der Waals surface area contributed by atoms with E-state index in [0.717, 1.165) is 17.7 Å². The molecule has 3 aromatic rings. The zero-order valence-corrected chi connectivity index (χ0v) is 17.2. The molecule has 6 nitrogen and oxygen atoms in total. The van der Waals surface area contributed by atoms with E-state index in [1.807, 2.05) is 37.3 Å². The first-order chi connectivity index (χ1) is 13.6. The predicted molar refractivity (Wildman–Crippen MR) is 112 cm³/mol. The van der Waals surface area contributed by atoms with Gasteiger partial charge >= 0.3 is 0 Å². The lowest BCUT2D eigenvalue weighted by atomic mass is 9.96. The highest BCUT2D eigenvalue weighted by atomic mass is 32.2. The molecule has 0 aliphatic heterocycles. The minimum atomic E-state index is -0.0186. The summed E-state index contributed by atoms with van der Waals surface area (Å²) in [5.74, 6) is 0.571. The first kappa shape index (κ1) is 20.1. The third-order valence-electron chi connectivity index (χ3n) is 4.89. The van der Waals surface area contributed by atoms with Crippen LogP contribution in [0.1, 0.15) is 36.0 Å². The normalized spacial score (nSPS) is 12.0. The molecule has 3 rings (SSSR count). The topological polar surface area (TPSA) is 72.7 Å². The smallest absolute Gasteiger partial charge is 0.230 e. The number of aryl methyl sites for hydroxylation is 1. The van der Waals surface area contributed by atoms with Crippen molar-refractivity contribution in [1.29, 1.82) is 0 Å². The standard InChI is InChI=1S/C21H25N5OS/c1-4-17(18-10-6-5-7-11-18)13-22-20(27)14-28-21-23-24-25-26(21)19-12-8-9-15(2)16(19)3/h5-12,17H,4,13-14H2,1-3H3,(H,22,27)/t17-/m1/s1. The summed E-state index contributed by atoms with van der Waals surface area (Å²) >= 11 is 1.34. The van der Waals surface area contributed by atoms with Crippen molar-refractivity contribution < 1.29 is 4.79 Å². The first-order valence-corrected chi connectivity index (χ1v) is 10.4. The fourth-order valence-electron chi connectivity index (χ4n) is 3.03. The van der Waals surface area contributed by atoms with Crippen LogP contribution in [0.5, 0.6) is 0 Å². The van der Waals surface area contributed by atoms with Crippen molar-refractivity contribution in [3.63, 3.8) is 0 Å². The molecule has 0 saturated carbocycles. The number of hydrogen-bond acceptors (Lipinski definition) is 5. The van der Waals surface area contributed by atoms with E-state index in [1.165, 1.54) is 22.9 Å². The summed E-state index contributed by atoms with van der Waals surface area (Å²) in [6.07, 6.45) is 0.975. The monoisotopic (exact) mass is 395 g/mol. The molecule has 0 aliphatic carbocycles. The van der Waals surface area contributed by atoms with Crippen molar-refractivity contribution in [3.05, 3.63) is 65.2 Å². The van der Waals surface area contributed by atoms with Crippen LogP contribution in [-0.2, 0) is 4.79 Å². The van der Waals surface area contributed by atoms with Crippen molar-refractivity contribution in [2.24, 2.45) is 0 Å². The Bertz CT molecular complexity index is 926. The first-order valence-electron chi connectivity index (χ1n) is 9.39. The molecule has 0 spiro atoms. The van der Waals surface area contributed by atoms with Gasteiger partial charge in [-0.2, -0.15) is 4.68 Å². The Balaban J connectivity index is 1.59. The Hall–Kier alpha value is -2.67. The van der Waals surface area contributed by atoms with Crippen LogP contribution in [0.3, 0.4) is 0 Å². The maximum Gasteiger partial charge on any atom is 0.230 e. The van der Waals surface area contributed by atoms with Crippen molar-refractivity contribution in [2.75, 3.05) is 12.3 Å². The van der Waals surface area contributed by atoms with Crippen LogP contribution >= 0.6 is 11.8 Å². The number of hydrogen-bond donors (Lipinski definition) is 1. The van der Waals surface area contributed by atoms with Gasteiger partial charge in [-0.25, -0.2) is 0 Å². The quantitative estimate of drug-likeness (QED) is 0.589. The van der Waals surface area contributed by atoms with Crippen LogP contribution in [-0.4, -0.2) is 38.4 Å². The summed E-state index contributed by atoms with van der Waals surface area (Å²) in [6.45, 7) is 6.86. The largest absolute Gasteiger partial charge is 0.355 e. The van der Waals surface area contributed by atoms with Crippen LogP contribution in [0.2, 0.25) is 0 Å². The summed E-state index contributed by atoms with van der Waals surface area (Å²) in [6, 6.07) is 16.3. The second-order valence-corrected chi connectivity index (χ2v) is 7.64. The highest BCUT2D eigenvalue weighted by Gasteiger charge is 2.15. The molecule has 0 bridgehead atoms. The number of amides is 1. The number of nitrogens with one attached hydrogen (secondary N) is 1. The Morgan fingerprint density at radius 1 is 1.14 bits per heavy atom. The average Bonchev–Trinajstić information content (AvgIpc) is 3.18. The lowest BCUT2D eigenvalue weighted by molar-refractivity contribution is -0.118. The summed E-state index contributed by atoms with van der Waals surface area (Å²) < 4.78 is 1.69. The fourth-order valence-corrected chi connectivity index (χ4v) is 3.74. The number of rotatable bonds is 8. The van der Waals surface area contributed by atoms with Crippen molar-refractivity contribution in [2.45, 2.75) is 38.3 Å². The fraction of sp³-hybridized carbons (Fsp3) is 0.333. The second-order valence-electron chi connectivity index (χ2n) is 6.70. The molecule has 1 heterocycles. The third-order valence-corrected chi connectivity index (χ3v) is 5.81. The van der Waals surface area contributed by atoms with Crippen LogP contribution in [0.4, 0.5) is 0 Å². The molecule has 7 heteroatoms. The SMILES string of the molecule is CC[C@H](CNC(=O)CSc1nnnn1-c1cccc(C)c1C)c1ccccc1. The molecule has 1 amide bonds. The van der Waals surface area contributed by atoms with Gasteiger partial charge in [0.05, 0.1) is 11.4 Å². The van der Waals surface area contributed by atoms with E-state index in [-0.39, 0.29) is 11.7 Å². The van der Waals surface area contributed by atoms with Gasteiger partial charge in [-0.15, -0.1) is 5.10 Å². The number of nitrogens with zero attached hydrogens (tertiary/aromatic N) is 4. The van der Waals surface area contributed by atoms with E-state index < -0.39 is 0 Å². The highest BCUT2D eigenvalue weighted by Crippen LogP contribution is 2.22. The van der Waals surface area contributed by atoms with Crippen molar-refractivity contribution in [1.82, 2.24) is 25.5 Å². The molecule has 1 aromatic heterocycles. The molecule has 0 saturated heterocycles. The maximum absolute atomic E-state index is 12.3. The summed E-state index contributed by atoms with van der Waals surface area (Å²) in [7, 11) is 0. The van der Waals surface area contributed by atoms with E-state index in [1.54, 1.807) is 4.68 Å². The van der Waals surface area contributed by atoms with Gasteiger partial charge in [-0.05, 0) is 53.5 Å². The third kappa shape index (κ3) is 4.78. The van der Waals surface area contributed by atoms with E-state index in [9.17, 15) is 4.79 Å². The van der Waals surface area contributed by atoms with Gasteiger partial charge in [0.1, 0.15) is 0 Å². The Morgan fingerprint density at radius 2 is 1.93 bits per heavy atom. The Kier molecular flexibility index (Phi) is 6.81. The number of benzene rings is 2. The lowest BCUT2D eigenvalue weighted by Crippen LogP contribution is -2.29. The molecule has 2 aromatic carbocycles. The zero-order valence-electron chi connectivity index (χ0n) is 16.4. The van der Waals surface area contributed by atoms with E-state index in [0.29, 0.717) is 17.6 Å². The van der Waals surface area contributed by atoms with Gasteiger partial charge < -0.3 is 5.32 Å². The summed E-state index contributed by atoms with van der Waals surface area (Å²) in [4.78, 5) is 12.3. The van der Waals surface area contributed by atoms with Gasteiger partial charge in [-0.3, -0.25) is 4.79 Å². The molecule has 0 unspecified atom stereocenters. The molecule has 0 aliphatic rings. The number of carbonyl (C=O) groups excluding carboxylic acids is 1. The zero-order chi connectivity index (χ0) is 19.9. The minimum Gasteiger partial charge on any atom is -0.355 e. The van der Waals surface area contributed by atoms with Crippen molar-refractivity contribution >= 4 is 17.7 Å². The van der Waals surface area contributed by atoms with Crippen LogP contribution in [0.15, 0.2) is 53.7 Å². The molecule has 0 radical (unpaired) electrons. The molecule has 1 N–H and O–H groups in total. The molecule has 0 fully saturated rings. The van der Waals surface area contributed by atoms with Crippen LogP contribution in [0.25, 0.3) is 5.69 Å². The molecular formula is C21H25N5OS. The summed E-state index contributed by atoms with van der Waals surface area (Å²) in [5.41, 5.74) is 4.47. The minimum absolute atomic E-state index is 0.0186. The molecule has 1 atom stereocenters. The van der Waals surface area contributed by atoms with Gasteiger partial charge in [0.15, 0.2) is 0 Å². The van der Waals surface area contributed by atoms with Crippen molar-refractivity contribution in [3.8, 4) is 5.69 Å². The molecule has 28 heavy (non-hydrogen) atoms. The Morgan fingerprint density at radius 3 is 2.68 bits per heavy atom. The Labute approximate surface area is 169 Å². The van der Waals surface area contributed by atoms with E-state index in [4.69, 9.17) is 0 Å². The number of aromatic nitrogens is 4. The van der Waals surface area contributed by atoms with Gasteiger partial charge in [0.2, 0.25) is 11.1 Å². The predicted octanol–water partition coefficient (Wildman–Crippen LogP) is 3.68. The van der Waals surface area contributed by atoms with E-state index >= 15 is 0 Å².